The standard InChI is InChI=1S/C14H22N2O4/c1-4-9-20-13-10-11(5-6-12(13)16(18)19)15-14(2,3)7-8-17/h5-6,10,15,17H,4,7-9H2,1-3H3. The van der Waals surface area contributed by atoms with Crippen LogP contribution in [-0.4, -0.2) is 28.8 Å². The van der Waals surface area contributed by atoms with Crippen LogP contribution >= 0.6 is 0 Å². The smallest absolute Gasteiger partial charge is 0.311 e. The molecule has 0 saturated heterocycles. The monoisotopic (exact) mass is 282 g/mol. The zero-order valence-corrected chi connectivity index (χ0v) is 12.2. The lowest BCUT2D eigenvalue weighted by Gasteiger charge is -2.27. The molecule has 2 N–H and O–H groups in total. The Bertz CT molecular complexity index is 460. The average molecular weight is 282 g/mol. The molecule has 1 rings (SSSR count). The van der Waals surface area contributed by atoms with Gasteiger partial charge in [-0.2, -0.15) is 0 Å². The fraction of sp³-hybridized carbons (Fsp3) is 0.571. The van der Waals surface area contributed by atoms with Gasteiger partial charge in [-0.3, -0.25) is 10.1 Å². The van der Waals surface area contributed by atoms with E-state index in [1.54, 1.807) is 12.1 Å². The number of aliphatic hydroxyl groups is 1. The van der Waals surface area contributed by atoms with Gasteiger partial charge in [0, 0.05) is 30.0 Å². The van der Waals surface area contributed by atoms with Gasteiger partial charge in [-0.05, 0) is 32.8 Å². The van der Waals surface area contributed by atoms with Crippen LogP contribution in [0.25, 0.3) is 0 Å². The van der Waals surface area contributed by atoms with E-state index in [1.807, 2.05) is 20.8 Å². The van der Waals surface area contributed by atoms with Crippen molar-refractivity contribution in [2.45, 2.75) is 39.2 Å². The molecular weight excluding hydrogens is 260 g/mol. The lowest BCUT2D eigenvalue weighted by Crippen LogP contribution is -2.31. The minimum Gasteiger partial charge on any atom is -0.487 e. The lowest BCUT2D eigenvalue weighted by atomic mass is 10.0. The van der Waals surface area contributed by atoms with Crippen molar-refractivity contribution in [1.29, 1.82) is 0 Å². The van der Waals surface area contributed by atoms with Gasteiger partial charge < -0.3 is 15.2 Å². The Morgan fingerprint density at radius 2 is 2.15 bits per heavy atom. The summed E-state index contributed by atoms with van der Waals surface area (Å²) in [5, 5.41) is 23.2. The summed E-state index contributed by atoms with van der Waals surface area (Å²) in [5.41, 5.74) is 0.400. The summed E-state index contributed by atoms with van der Waals surface area (Å²) in [6.45, 7) is 6.36. The van der Waals surface area contributed by atoms with Crippen LogP contribution in [0.3, 0.4) is 0 Å². The molecule has 0 aliphatic carbocycles. The zero-order chi connectivity index (χ0) is 15.2. The Kier molecular flexibility index (Phi) is 5.76. The Labute approximate surface area is 118 Å². The van der Waals surface area contributed by atoms with Gasteiger partial charge in [-0.15, -0.1) is 0 Å². The number of benzene rings is 1. The predicted octanol–water partition coefficient (Wildman–Crippen LogP) is 2.96. The van der Waals surface area contributed by atoms with Crippen molar-refractivity contribution in [3.8, 4) is 5.75 Å². The van der Waals surface area contributed by atoms with E-state index in [0.717, 1.165) is 12.1 Å². The summed E-state index contributed by atoms with van der Waals surface area (Å²) < 4.78 is 5.43. The molecule has 20 heavy (non-hydrogen) atoms. The van der Waals surface area contributed by atoms with Crippen LogP contribution in [0.1, 0.15) is 33.6 Å². The van der Waals surface area contributed by atoms with Crippen LogP contribution in [0.5, 0.6) is 5.75 Å². The first-order valence-electron chi connectivity index (χ1n) is 6.70. The van der Waals surface area contributed by atoms with Crippen LogP contribution in [0.4, 0.5) is 11.4 Å². The van der Waals surface area contributed by atoms with E-state index in [9.17, 15) is 10.1 Å². The number of ether oxygens (including phenoxy) is 1. The third-order valence-corrected chi connectivity index (χ3v) is 2.84. The van der Waals surface area contributed by atoms with Crippen LogP contribution in [0.2, 0.25) is 0 Å². The van der Waals surface area contributed by atoms with Crippen molar-refractivity contribution in [2.75, 3.05) is 18.5 Å². The molecule has 0 saturated carbocycles. The van der Waals surface area contributed by atoms with Gasteiger partial charge in [0.1, 0.15) is 0 Å². The molecule has 0 radical (unpaired) electrons. The molecule has 0 unspecified atom stereocenters. The molecule has 0 atom stereocenters. The van der Waals surface area contributed by atoms with Gasteiger partial charge >= 0.3 is 5.69 Å². The van der Waals surface area contributed by atoms with Gasteiger partial charge in [0.15, 0.2) is 5.75 Å². The minimum atomic E-state index is -0.451. The van der Waals surface area contributed by atoms with Gasteiger partial charge in [-0.25, -0.2) is 0 Å². The number of nitrogens with zero attached hydrogens (tertiary/aromatic N) is 1. The van der Waals surface area contributed by atoms with Crippen molar-refractivity contribution in [3.05, 3.63) is 28.3 Å². The van der Waals surface area contributed by atoms with Crippen LogP contribution < -0.4 is 10.1 Å². The summed E-state index contributed by atoms with van der Waals surface area (Å²) in [6.07, 6.45) is 1.36. The summed E-state index contributed by atoms with van der Waals surface area (Å²) in [6, 6.07) is 4.71. The highest BCUT2D eigenvalue weighted by Gasteiger charge is 2.20. The maximum absolute atomic E-state index is 11.0. The first-order valence-corrected chi connectivity index (χ1v) is 6.70. The second-order valence-corrected chi connectivity index (χ2v) is 5.27. The van der Waals surface area contributed by atoms with Crippen molar-refractivity contribution < 1.29 is 14.8 Å². The number of nitro groups is 1. The molecule has 6 nitrogen and oxygen atoms in total. The van der Waals surface area contributed by atoms with Crippen LogP contribution in [0.15, 0.2) is 18.2 Å². The molecule has 6 heteroatoms. The van der Waals surface area contributed by atoms with Gasteiger partial charge in [0.05, 0.1) is 11.5 Å². The quantitative estimate of drug-likeness (QED) is 0.565. The molecule has 0 spiro atoms. The number of aliphatic hydroxyl groups excluding tert-OH is 1. The Balaban J connectivity index is 2.96. The molecule has 112 valence electrons. The summed E-state index contributed by atoms with van der Waals surface area (Å²) >= 11 is 0. The second kappa shape index (κ2) is 7.09. The van der Waals surface area contributed by atoms with E-state index in [4.69, 9.17) is 9.84 Å². The fourth-order valence-corrected chi connectivity index (χ4v) is 1.80. The third-order valence-electron chi connectivity index (χ3n) is 2.84. The van der Waals surface area contributed by atoms with E-state index in [-0.39, 0.29) is 23.6 Å². The summed E-state index contributed by atoms with van der Waals surface area (Å²) in [5.74, 6) is 0.265. The average Bonchev–Trinajstić information content (AvgIpc) is 2.35. The summed E-state index contributed by atoms with van der Waals surface area (Å²) in [7, 11) is 0. The highest BCUT2D eigenvalue weighted by molar-refractivity contribution is 5.58. The van der Waals surface area contributed by atoms with Gasteiger partial charge in [-0.1, -0.05) is 6.92 Å². The lowest BCUT2D eigenvalue weighted by molar-refractivity contribution is -0.385. The van der Waals surface area contributed by atoms with E-state index in [2.05, 4.69) is 5.32 Å². The number of hydrogen-bond donors (Lipinski definition) is 2. The van der Waals surface area contributed by atoms with Gasteiger partial charge in [0.25, 0.3) is 0 Å². The Morgan fingerprint density at radius 3 is 2.70 bits per heavy atom. The zero-order valence-electron chi connectivity index (χ0n) is 12.2. The molecule has 0 aromatic heterocycles. The molecule has 0 aliphatic heterocycles. The Hall–Kier alpha value is -1.82. The number of anilines is 1. The summed E-state index contributed by atoms with van der Waals surface area (Å²) in [4.78, 5) is 10.5. The molecule has 0 bridgehead atoms. The first kappa shape index (κ1) is 16.2. The minimum absolute atomic E-state index is 0.0380. The van der Waals surface area contributed by atoms with Crippen molar-refractivity contribution in [1.82, 2.24) is 0 Å². The normalized spacial score (nSPS) is 11.2. The second-order valence-electron chi connectivity index (χ2n) is 5.27. The SMILES string of the molecule is CCCOc1cc(NC(C)(C)CCO)ccc1[N+](=O)[O-]. The molecule has 0 fully saturated rings. The number of rotatable bonds is 8. The predicted molar refractivity (Wildman–Crippen MR) is 78.3 cm³/mol. The van der Waals surface area contributed by atoms with E-state index < -0.39 is 4.92 Å². The highest BCUT2D eigenvalue weighted by atomic mass is 16.6. The van der Waals surface area contributed by atoms with Crippen molar-refractivity contribution >= 4 is 11.4 Å². The maximum atomic E-state index is 11.0. The van der Waals surface area contributed by atoms with Crippen LogP contribution in [-0.2, 0) is 0 Å². The third kappa shape index (κ3) is 4.70. The van der Waals surface area contributed by atoms with E-state index in [0.29, 0.717) is 13.0 Å². The van der Waals surface area contributed by atoms with E-state index in [1.165, 1.54) is 6.07 Å². The molecule has 1 aromatic carbocycles. The first-order chi connectivity index (χ1) is 9.39. The largest absolute Gasteiger partial charge is 0.487 e. The van der Waals surface area contributed by atoms with E-state index >= 15 is 0 Å². The molecule has 1 aromatic rings. The number of nitrogens with one attached hydrogen (secondary N) is 1. The maximum Gasteiger partial charge on any atom is 0.311 e. The Morgan fingerprint density at radius 1 is 1.45 bits per heavy atom. The molecule has 0 amide bonds. The topological polar surface area (TPSA) is 84.6 Å². The van der Waals surface area contributed by atoms with Gasteiger partial charge in [0.2, 0.25) is 0 Å². The number of nitro benzene ring substituents is 1. The highest BCUT2D eigenvalue weighted by Crippen LogP contribution is 2.31. The molecular formula is C14H22N2O4. The van der Waals surface area contributed by atoms with Crippen LogP contribution in [0, 0.1) is 10.1 Å². The fourth-order valence-electron chi connectivity index (χ4n) is 1.80. The number of hydrogen-bond acceptors (Lipinski definition) is 5. The molecule has 0 aliphatic rings. The molecule has 0 heterocycles. The van der Waals surface area contributed by atoms with Crippen molar-refractivity contribution in [3.63, 3.8) is 0 Å². The van der Waals surface area contributed by atoms with Crippen molar-refractivity contribution in [2.24, 2.45) is 0 Å².